The number of thiocarbonyl (C=S) groups is 1. The molecule has 8 nitrogen and oxygen atoms in total. The van der Waals surface area contributed by atoms with Crippen molar-refractivity contribution in [1.29, 1.82) is 0 Å². The molecule has 118 valence electrons. The van der Waals surface area contributed by atoms with Gasteiger partial charge in [-0.25, -0.2) is 4.68 Å². The summed E-state index contributed by atoms with van der Waals surface area (Å²) in [5.41, 5.74) is 6.77. The first-order chi connectivity index (χ1) is 10.6. The monoisotopic (exact) mass is 322 g/mol. The summed E-state index contributed by atoms with van der Waals surface area (Å²) >= 11 is 5.07. The number of nitrogens with zero attached hydrogens (tertiary/aromatic N) is 3. The topological polar surface area (TPSA) is 88.3 Å². The van der Waals surface area contributed by atoms with Gasteiger partial charge in [0.15, 0.2) is 5.11 Å². The van der Waals surface area contributed by atoms with Crippen LogP contribution in [-0.2, 0) is 11.3 Å². The third kappa shape index (κ3) is 4.64. The second-order valence-corrected chi connectivity index (χ2v) is 5.53. The number of rotatable bonds is 5. The summed E-state index contributed by atoms with van der Waals surface area (Å²) in [7, 11) is 4.12. The molecule has 1 aromatic carbocycles. The van der Waals surface area contributed by atoms with Gasteiger partial charge in [-0.3, -0.25) is 15.6 Å². The molecular weight excluding hydrogens is 302 g/mol. The zero-order valence-electron chi connectivity index (χ0n) is 12.6. The van der Waals surface area contributed by atoms with Crippen LogP contribution in [0.3, 0.4) is 0 Å². The van der Waals surface area contributed by atoms with Crippen LogP contribution in [0.5, 0.6) is 0 Å². The largest absolute Gasteiger partial charge is 0.356 e. The average molecular weight is 322 g/mol. The molecule has 0 unspecified atom stereocenters. The summed E-state index contributed by atoms with van der Waals surface area (Å²) in [4.78, 5) is 13.2. The lowest BCUT2D eigenvalue weighted by Gasteiger charge is -2.12. The van der Waals surface area contributed by atoms with Crippen molar-refractivity contribution < 1.29 is 9.69 Å². The lowest BCUT2D eigenvalue weighted by molar-refractivity contribution is -0.856. The van der Waals surface area contributed by atoms with Crippen LogP contribution in [0, 0.1) is 0 Å². The molecule has 0 aliphatic carbocycles. The quantitative estimate of drug-likeness (QED) is 0.379. The van der Waals surface area contributed by atoms with Crippen LogP contribution in [0.25, 0.3) is 11.0 Å². The molecule has 0 spiro atoms. The molecule has 2 aromatic rings. The average Bonchev–Trinajstić information content (AvgIpc) is 2.88. The highest BCUT2D eigenvalue weighted by atomic mass is 32.1. The first-order valence-corrected chi connectivity index (χ1v) is 7.37. The number of nitrogens with one attached hydrogen (secondary N) is 4. The molecule has 1 amide bonds. The molecule has 0 saturated carbocycles. The number of benzene rings is 1. The number of amides is 1. The van der Waals surface area contributed by atoms with E-state index in [1.807, 2.05) is 24.3 Å². The SMILES string of the molecule is C[NH+](C)CCNC(=S)NNC(=O)Cn1nnc2ccccc21. The Hall–Kier alpha value is -2.26. The van der Waals surface area contributed by atoms with E-state index in [-0.39, 0.29) is 12.5 Å². The Labute approximate surface area is 133 Å². The van der Waals surface area contributed by atoms with Crippen LogP contribution in [-0.4, -0.2) is 53.2 Å². The molecule has 0 atom stereocenters. The van der Waals surface area contributed by atoms with E-state index in [0.717, 1.165) is 24.1 Å². The number of fused-ring (bicyclic) bond motifs is 1. The van der Waals surface area contributed by atoms with Crippen molar-refractivity contribution in [3.05, 3.63) is 24.3 Å². The maximum absolute atomic E-state index is 11.9. The van der Waals surface area contributed by atoms with Crippen molar-refractivity contribution in [2.24, 2.45) is 0 Å². The van der Waals surface area contributed by atoms with Gasteiger partial charge in [0, 0.05) is 0 Å². The molecule has 9 heteroatoms. The fraction of sp³-hybridized carbons (Fsp3) is 0.385. The summed E-state index contributed by atoms with van der Waals surface area (Å²) in [6, 6.07) is 7.47. The number of quaternary nitrogens is 1. The maximum atomic E-state index is 11.9. The lowest BCUT2D eigenvalue weighted by Crippen LogP contribution is -3.06. The maximum Gasteiger partial charge on any atom is 0.260 e. The second-order valence-electron chi connectivity index (χ2n) is 5.12. The van der Waals surface area contributed by atoms with Crippen LogP contribution in [0.1, 0.15) is 0 Å². The molecule has 0 aliphatic rings. The van der Waals surface area contributed by atoms with Crippen molar-refractivity contribution in [3.63, 3.8) is 0 Å². The predicted molar refractivity (Wildman–Crippen MR) is 87.1 cm³/mol. The number of carbonyl (C=O) groups excluding carboxylic acids is 1. The standard InChI is InChI=1S/C13H19N7OS/c1-19(2)8-7-14-13(22)17-16-12(21)9-20-11-6-4-3-5-10(11)15-18-20/h3-6H,7-9H2,1-2H3,(H,16,21)(H2,14,17,22)/p+1. The van der Waals surface area contributed by atoms with Crippen LogP contribution >= 0.6 is 12.2 Å². The van der Waals surface area contributed by atoms with Crippen molar-refractivity contribution in [1.82, 2.24) is 31.2 Å². The smallest absolute Gasteiger partial charge is 0.260 e. The van der Waals surface area contributed by atoms with Crippen LogP contribution in [0.4, 0.5) is 0 Å². The molecule has 4 N–H and O–H groups in total. The first kappa shape index (κ1) is 16.1. The Bertz CT molecular complexity index is 655. The minimum Gasteiger partial charge on any atom is -0.356 e. The predicted octanol–water partition coefficient (Wildman–Crippen LogP) is -1.93. The van der Waals surface area contributed by atoms with Gasteiger partial charge in [0.05, 0.1) is 32.7 Å². The fourth-order valence-electron chi connectivity index (χ4n) is 1.81. The van der Waals surface area contributed by atoms with Crippen LogP contribution < -0.4 is 21.1 Å². The molecule has 1 heterocycles. The molecule has 0 radical (unpaired) electrons. The number of hydrogen-bond acceptors (Lipinski definition) is 4. The Balaban J connectivity index is 1.77. The normalized spacial score (nSPS) is 10.7. The minimum absolute atomic E-state index is 0.0674. The van der Waals surface area contributed by atoms with Gasteiger partial charge in [-0.15, -0.1) is 5.10 Å². The third-order valence-electron chi connectivity index (χ3n) is 2.94. The summed E-state index contributed by atoms with van der Waals surface area (Å²) in [6.07, 6.45) is 0. The minimum atomic E-state index is -0.252. The zero-order chi connectivity index (χ0) is 15.9. The number of hydrogen-bond donors (Lipinski definition) is 4. The van der Waals surface area contributed by atoms with Gasteiger partial charge in [0.25, 0.3) is 5.91 Å². The van der Waals surface area contributed by atoms with Gasteiger partial charge in [0.2, 0.25) is 0 Å². The second kappa shape index (κ2) is 7.66. The van der Waals surface area contributed by atoms with Gasteiger partial charge < -0.3 is 10.2 Å². The van der Waals surface area contributed by atoms with Gasteiger partial charge in [-0.1, -0.05) is 17.3 Å². The van der Waals surface area contributed by atoms with Gasteiger partial charge in [-0.2, -0.15) is 0 Å². The third-order valence-corrected chi connectivity index (χ3v) is 3.19. The number of carbonyl (C=O) groups is 1. The highest BCUT2D eigenvalue weighted by Crippen LogP contribution is 2.08. The first-order valence-electron chi connectivity index (χ1n) is 6.96. The van der Waals surface area contributed by atoms with Gasteiger partial charge >= 0.3 is 0 Å². The molecule has 1 aromatic heterocycles. The van der Waals surface area contributed by atoms with E-state index in [1.165, 1.54) is 9.58 Å². The molecule has 0 bridgehead atoms. The number of likely N-dealkylation sites (N-methyl/N-ethyl adjacent to an activating group) is 1. The molecule has 2 rings (SSSR count). The van der Waals surface area contributed by atoms with E-state index in [2.05, 4.69) is 40.6 Å². The van der Waals surface area contributed by atoms with Crippen molar-refractivity contribution in [2.75, 3.05) is 27.2 Å². The summed E-state index contributed by atoms with van der Waals surface area (Å²) < 4.78 is 1.54. The van der Waals surface area contributed by atoms with E-state index < -0.39 is 0 Å². The van der Waals surface area contributed by atoms with E-state index in [4.69, 9.17) is 12.2 Å². The molecule has 0 aliphatic heterocycles. The highest BCUT2D eigenvalue weighted by Gasteiger charge is 2.08. The number of hydrazine groups is 1. The Kier molecular flexibility index (Phi) is 5.61. The molecule has 22 heavy (non-hydrogen) atoms. The Morgan fingerprint density at radius 1 is 1.32 bits per heavy atom. The Morgan fingerprint density at radius 2 is 2.09 bits per heavy atom. The zero-order valence-corrected chi connectivity index (χ0v) is 13.4. The molecule has 0 saturated heterocycles. The van der Waals surface area contributed by atoms with Crippen molar-refractivity contribution in [2.45, 2.75) is 6.54 Å². The van der Waals surface area contributed by atoms with E-state index in [9.17, 15) is 4.79 Å². The van der Waals surface area contributed by atoms with E-state index >= 15 is 0 Å². The molecule has 0 fully saturated rings. The highest BCUT2D eigenvalue weighted by molar-refractivity contribution is 7.80. The van der Waals surface area contributed by atoms with Crippen molar-refractivity contribution >= 4 is 34.3 Å². The summed E-state index contributed by atoms with van der Waals surface area (Å²) in [6.45, 7) is 1.73. The van der Waals surface area contributed by atoms with E-state index in [1.54, 1.807) is 0 Å². The molecular formula is C13H20N7OS+. The van der Waals surface area contributed by atoms with Crippen LogP contribution in [0.15, 0.2) is 24.3 Å². The summed E-state index contributed by atoms with van der Waals surface area (Å²) in [5, 5.41) is 11.3. The van der Waals surface area contributed by atoms with Crippen LogP contribution in [0.2, 0.25) is 0 Å². The van der Waals surface area contributed by atoms with Crippen molar-refractivity contribution in [3.8, 4) is 0 Å². The number of para-hydroxylation sites is 1. The van der Waals surface area contributed by atoms with Gasteiger partial charge in [-0.05, 0) is 24.4 Å². The fourth-order valence-corrected chi connectivity index (χ4v) is 1.96. The van der Waals surface area contributed by atoms with Gasteiger partial charge in [0.1, 0.15) is 12.1 Å². The Morgan fingerprint density at radius 3 is 2.86 bits per heavy atom. The van der Waals surface area contributed by atoms with E-state index in [0.29, 0.717) is 5.11 Å². The number of aromatic nitrogens is 3. The summed E-state index contributed by atoms with van der Waals surface area (Å²) in [5.74, 6) is -0.252. The lowest BCUT2D eigenvalue weighted by atomic mass is 10.3.